The third-order valence-electron chi connectivity index (χ3n) is 7.60. The summed E-state index contributed by atoms with van der Waals surface area (Å²) in [4.78, 5) is 18.2. The molecule has 0 radical (unpaired) electrons. The van der Waals surface area contributed by atoms with Gasteiger partial charge in [0.15, 0.2) is 5.78 Å². The Balaban J connectivity index is 0.00000180. The Bertz CT molecular complexity index is 1080. The molecule has 0 amide bonds. The zero-order chi connectivity index (χ0) is 23.2. The Labute approximate surface area is 228 Å². The van der Waals surface area contributed by atoms with Gasteiger partial charge in [-0.3, -0.25) is 14.6 Å². The van der Waals surface area contributed by atoms with Crippen LogP contribution in [0.25, 0.3) is 0 Å². The standard InChI is InChI=1S/C31H36N2O.2ClH/c34-31(21-25-13-17-32(18-14-25)23-26-7-3-1-4-8-26)30-12-11-28-15-19-33(20-16-29(28)22-30)24-27-9-5-2-6-10-27;;/h1-12,22,25H,13-21,23-24H2;2*1H. The second kappa shape index (κ2) is 13.9. The molecule has 2 aliphatic rings. The normalized spacial score (nSPS) is 16.8. The molecule has 2 heterocycles. The molecular formula is C31H38Cl2N2O. The van der Waals surface area contributed by atoms with Crippen LogP contribution >= 0.6 is 24.8 Å². The average Bonchev–Trinajstić information content (AvgIpc) is 3.08. The van der Waals surface area contributed by atoms with Crippen molar-refractivity contribution < 1.29 is 4.79 Å². The average molecular weight is 526 g/mol. The summed E-state index contributed by atoms with van der Waals surface area (Å²) in [7, 11) is 0. The van der Waals surface area contributed by atoms with Crippen LogP contribution in [0.5, 0.6) is 0 Å². The van der Waals surface area contributed by atoms with Crippen LogP contribution in [0.1, 0.15) is 51.9 Å². The molecule has 0 spiro atoms. The Kier molecular flexibility index (Phi) is 11.0. The first-order valence-electron chi connectivity index (χ1n) is 12.9. The Morgan fingerprint density at radius 1 is 0.667 bits per heavy atom. The first-order chi connectivity index (χ1) is 16.7. The zero-order valence-electron chi connectivity index (χ0n) is 21.0. The van der Waals surface area contributed by atoms with E-state index in [1.165, 1.54) is 22.3 Å². The Hall–Kier alpha value is -2.17. The van der Waals surface area contributed by atoms with E-state index >= 15 is 0 Å². The number of piperidine rings is 1. The lowest BCUT2D eigenvalue weighted by Crippen LogP contribution is -2.33. The molecule has 3 aromatic carbocycles. The third-order valence-corrected chi connectivity index (χ3v) is 7.60. The fourth-order valence-electron chi connectivity index (χ4n) is 5.51. The molecule has 0 aliphatic carbocycles. The summed E-state index contributed by atoms with van der Waals surface area (Å²) in [6.07, 6.45) is 5.03. The molecule has 3 aromatic rings. The maximum atomic E-state index is 13.1. The summed E-state index contributed by atoms with van der Waals surface area (Å²) < 4.78 is 0. The highest BCUT2D eigenvalue weighted by Gasteiger charge is 2.23. The highest BCUT2D eigenvalue weighted by Crippen LogP contribution is 2.25. The molecule has 3 nitrogen and oxygen atoms in total. The smallest absolute Gasteiger partial charge is 0.163 e. The van der Waals surface area contributed by atoms with Gasteiger partial charge in [-0.1, -0.05) is 72.8 Å². The minimum atomic E-state index is 0. The van der Waals surface area contributed by atoms with E-state index in [0.717, 1.165) is 70.5 Å². The maximum Gasteiger partial charge on any atom is 0.163 e. The van der Waals surface area contributed by atoms with Crippen molar-refractivity contribution in [2.75, 3.05) is 26.2 Å². The second-order valence-corrected chi connectivity index (χ2v) is 10.1. The number of Topliss-reactive ketones (excluding diaryl/α,β-unsaturated/α-hetero) is 1. The van der Waals surface area contributed by atoms with Gasteiger partial charge in [-0.2, -0.15) is 0 Å². The summed E-state index contributed by atoms with van der Waals surface area (Å²) >= 11 is 0. The van der Waals surface area contributed by atoms with Crippen molar-refractivity contribution in [2.45, 2.75) is 45.2 Å². The molecule has 0 saturated carbocycles. The maximum absolute atomic E-state index is 13.1. The van der Waals surface area contributed by atoms with Gasteiger partial charge in [0, 0.05) is 38.2 Å². The van der Waals surface area contributed by atoms with Crippen LogP contribution in [0.15, 0.2) is 78.9 Å². The van der Waals surface area contributed by atoms with Crippen molar-refractivity contribution in [2.24, 2.45) is 5.92 Å². The van der Waals surface area contributed by atoms with Crippen LogP contribution < -0.4 is 0 Å². The molecule has 1 fully saturated rings. The summed E-state index contributed by atoms with van der Waals surface area (Å²) in [6.45, 7) is 6.34. The number of carbonyl (C=O) groups excluding carboxylic acids is 1. The first kappa shape index (κ1) is 28.4. The summed E-state index contributed by atoms with van der Waals surface area (Å²) in [5, 5.41) is 0. The topological polar surface area (TPSA) is 23.6 Å². The molecule has 36 heavy (non-hydrogen) atoms. The number of halogens is 2. The summed E-state index contributed by atoms with van der Waals surface area (Å²) in [5.41, 5.74) is 6.46. The third kappa shape index (κ3) is 7.66. The molecule has 0 unspecified atom stereocenters. The quantitative estimate of drug-likeness (QED) is 0.324. The van der Waals surface area contributed by atoms with Crippen molar-refractivity contribution in [3.05, 3.63) is 107 Å². The van der Waals surface area contributed by atoms with Crippen LogP contribution in [-0.4, -0.2) is 41.8 Å². The fourth-order valence-corrected chi connectivity index (χ4v) is 5.51. The lowest BCUT2D eigenvalue weighted by molar-refractivity contribution is 0.0925. The molecule has 2 aliphatic heterocycles. The second-order valence-electron chi connectivity index (χ2n) is 10.1. The SMILES string of the molecule is Cl.Cl.O=C(CC1CCN(Cc2ccccc2)CC1)c1ccc2c(c1)CCN(Cc1ccccc1)CC2. The van der Waals surface area contributed by atoms with Gasteiger partial charge < -0.3 is 0 Å². The van der Waals surface area contributed by atoms with Gasteiger partial charge in [-0.15, -0.1) is 24.8 Å². The van der Waals surface area contributed by atoms with E-state index in [-0.39, 0.29) is 24.8 Å². The number of hydrogen-bond acceptors (Lipinski definition) is 3. The minimum Gasteiger partial charge on any atom is -0.299 e. The van der Waals surface area contributed by atoms with Gasteiger partial charge in [-0.25, -0.2) is 0 Å². The van der Waals surface area contributed by atoms with E-state index in [9.17, 15) is 4.79 Å². The van der Waals surface area contributed by atoms with E-state index in [2.05, 4.69) is 88.7 Å². The number of hydrogen-bond donors (Lipinski definition) is 0. The van der Waals surface area contributed by atoms with Crippen LogP contribution in [0.4, 0.5) is 0 Å². The van der Waals surface area contributed by atoms with Crippen LogP contribution in [-0.2, 0) is 25.9 Å². The van der Waals surface area contributed by atoms with Crippen molar-refractivity contribution in [3.8, 4) is 0 Å². The fraction of sp³-hybridized carbons (Fsp3) is 0.387. The number of likely N-dealkylation sites (tertiary alicyclic amines) is 1. The largest absolute Gasteiger partial charge is 0.299 e. The van der Waals surface area contributed by atoms with E-state index in [1.54, 1.807) is 0 Å². The van der Waals surface area contributed by atoms with Crippen LogP contribution in [0, 0.1) is 5.92 Å². The van der Waals surface area contributed by atoms with Crippen LogP contribution in [0.3, 0.4) is 0 Å². The molecule has 5 rings (SSSR count). The molecule has 1 saturated heterocycles. The van der Waals surface area contributed by atoms with Gasteiger partial charge in [0.25, 0.3) is 0 Å². The number of fused-ring (bicyclic) bond motifs is 1. The van der Waals surface area contributed by atoms with Gasteiger partial charge >= 0.3 is 0 Å². The number of benzene rings is 3. The number of nitrogens with zero attached hydrogens (tertiary/aromatic N) is 2. The van der Waals surface area contributed by atoms with Gasteiger partial charge in [0.1, 0.15) is 0 Å². The predicted molar refractivity (Wildman–Crippen MR) is 153 cm³/mol. The number of carbonyl (C=O) groups is 1. The molecule has 0 N–H and O–H groups in total. The molecule has 5 heteroatoms. The first-order valence-corrected chi connectivity index (χ1v) is 12.9. The Morgan fingerprint density at radius 3 is 1.78 bits per heavy atom. The van der Waals surface area contributed by atoms with Crippen molar-refractivity contribution >= 4 is 30.6 Å². The van der Waals surface area contributed by atoms with Gasteiger partial charge in [-0.05, 0) is 73.0 Å². The van der Waals surface area contributed by atoms with Crippen molar-refractivity contribution in [3.63, 3.8) is 0 Å². The van der Waals surface area contributed by atoms with Gasteiger partial charge in [0.05, 0.1) is 0 Å². The molecular weight excluding hydrogens is 487 g/mol. The Morgan fingerprint density at radius 2 is 1.19 bits per heavy atom. The number of ketones is 1. The highest BCUT2D eigenvalue weighted by atomic mass is 35.5. The number of rotatable bonds is 7. The van der Waals surface area contributed by atoms with E-state index in [0.29, 0.717) is 18.1 Å². The monoisotopic (exact) mass is 524 g/mol. The van der Waals surface area contributed by atoms with Gasteiger partial charge in [0.2, 0.25) is 0 Å². The molecule has 0 aromatic heterocycles. The minimum absolute atomic E-state index is 0. The molecule has 192 valence electrons. The molecule has 0 atom stereocenters. The predicted octanol–water partition coefficient (Wildman–Crippen LogP) is 6.62. The summed E-state index contributed by atoms with van der Waals surface area (Å²) in [5.74, 6) is 0.842. The van der Waals surface area contributed by atoms with Crippen LogP contribution in [0.2, 0.25) is 0 Å². The summed E-state index contributed by atoms with van der Waals surface area (Å²) in [6, 6.07) is 27.9. The van der Waals surface area contributed by atoms with E-state index in [1.807, 2.05) is 0 Å². The highest BCUT2D eigenvalue weighted by molar-refractivity contribution is 5.96. The van der Waals surface area contributed by atoms with E-state index < -0.39 is 0 Å². The lowest BCUT2D eigenvalue weighted by atomic mass is 9.88. The molecule has 0 bridgehead atoms. The van der Waals surface area contributed by atoms with Crippen molar-refractivity contribution in [1.29, 1.82) is 0 Å². The van der Waals surface area contributed by atoms with E-state index in [4.69, 9.17) is 0 Å². The lowest BCUT2D eigenvalue weighted by Gasteiger charge is -2.31. The zero-order valence-corrected chi connectivity index (χ0v) is 22.6. The van der Waals surface area contributed by atoms with Crippen molar-refractivity contribution in [1.82, 2.24) is 9.80 Å².